The van der Waals surface area contributed by atoms with Crippen LogP contribution < -0.4 is 0 Å². The van der Waals surface area contributed by atoms with Gasteiger partial charge in [-0.2, -0.15) is 0 Å². The second kappa shape index (κ2) is 6.09. The number of rotatable bonds is 3. The molecule has 0 N–H and O–H groups in total. The van der Waals surface area contributed by atoms with Crippen molar-refractivity contribution < 1.29 is 0 Å². The Morgan fingerprint density at radius 3 is 1.55 bits per heavy atom. The fourth-order valence-corrected chi connectivity index (χ4v) is 2.42. The molecule has 20 heavy (non-hydrogen) atoms. The van der Waals surface area contributed by atoms with E-state index in [2.05, 4.69) is 77.1 Å². The molecule has 0 heteroatoms. The Hall–Kier alpha value is -1.82. The molecule has 0 bridgehead atoms. The summed E-state index contributed by atoms with van der Waals surface area (Å²) >= 11 is 0. The summed E-state index contributed by atoms with van der Waals surface area (Å²) in [6, 6.07) is 13.5. The summed E-state index contributed by atoms with van der Waals surface area (Å²) in [5, 5.41) is 0. The second-order valence-corrected chi connectivity index (χ2v) is 5.62. The Balaban J connectivity index is 2.53. The molecule has 2 rings (SSSR count). The van der Waals surface area contributed by atoms with Crippen molar-refractivity contribution in [2.45, 2.75) is 41.0 Å². The van der Waals surface area contributed by atoms with Crippen LogP contribution in [0.1, 0.15) is 46.7 Å². The van der Waals surface area contributed by atoms with Crippen LogP contribution in [0.5, 0.6) is 0 Å². The number of allylic oxidation sites excluding steroid dienone is 1. The van der Waals surface area contributed by atoms with Gasteiger partial charge in [0.15, 0.2) is 0 Å². The van der Waals surface area contributed by atoms with Gasteiger partial charge in [0, 0.05) is 0 Å². The van der Waals surface area contributed by atoms with Crippen LogP contribution in [0.25, 0.3) is 5.57 Å². The SMILES string of the molecule is CCC=C(c1ccc(C)c(C)c1)c1ccc(C)c(C)c1. The monoisotopic (exact) mass is 264 g/mol. The Morgan fingerprint density at radius 2 is 1.20 bits per heavy atom. The molecular weight excluding hydrogens is 240 g/mol. The normalized spacial score (nSPS) is 10.4. The van der Waals surface area contributed by atoms with Gasteiger partial charge in [0.05, 0.1) is 0 Å². The minimum Gasteiger partial charge on any atom is -0.0763 e. The van der Waals surface area contributed by atoms with Gasteiger partial charge in [-0.15, -0.1) is 0 Å². The first-order chi connectivity index (χ1) is 9.52. The van der Waals surface area contributed by atoms with Crippen LogP contribution in [-0.2, 0) is 0 Å². The first-order valence-corrected chi connectivity index (χ1v) is 7.38. The van der Waals surface area contributed by atoms with Crippen LogP contribution in [0.2, 0.25) is 0 Å². The molecule has 0 radical (unpaired) electrons. The Morgan fingerprint density at radius 1 is 0.750 bits per heavy atom. The van der Waals surface area contributed by atoms with Crippen LogP contribution >= 0.6 is 0 Å². The van der Waals surface area contributed by atoms with Crippen molar-refractivity contribution in [1.82, 2.24) is 0 Å². The largest absolute Gasteiger partial charge is 0.0763 e. The van der Waals surface area contributed by atoms with Gasteiger partial charge >= 0.3 is 0 Å². The number of hydrogen-bond donors (Lipinski definition) is 0. The number of hydrogen-bond acceptors (Lipinski definition) is 0. The Labute approximate surface area is 123 Å². The lowest BCUT2D eigenvalue weighted by atomic mass is 9.92. The zero-order valence-electron chi connectivity index (χ0n) is 13.2. The van der Waals surface area contributed by atoms with Gasteiger partial charge in [0.2, 0.25) is 0 Å². The summed E-state index contributed by atoms with van der Waals surface area (Å²) in [7, 11) is 0. The third kappa shape index (κ3) is 3.01. The molecule has 0 unspecified atom stereocenters. The number of aryl methyl sites for hydroxylation is 4. The lowest BCUT2D eigenvalue weighted by Crippen LogP contribution is -1.92. The van der Waals surface area contributed by atoms with Crippen LogP contribution in [0, 0.1) is 27.7 Å². The van der Waals surface area contributed by atoms with Crippen molar-refractivity contribution in [2.24, 2.45) is 0 Å². The molecular formula is C20H24. The van der Waals surface area contributed by atoms with E-state index in [0.29, 0.717) is 0 Å². The summed E-state index contributed by atoms with van der Waals surface area (Å²) in [5.41, 5.74) is 9.39. The molecule has 2 aromatic rings. The van der Waals surface area contributed by atoms with Gasteiger partial charge in [0.1, 0.15) is 0 Å². The molecule has 0 amide bonds. The van der Waals surface area contributed by atoms with E-state index in [9.17, 15) is 0 Å². The molecule has 0 aromatic heterocycles. The van der Waals surface area contributed by atoms with Gasteiger partial charge in [-0.3, -0.25) is 0 Å². The van der Waals surface area contributed by atoms with Crippen molar-refractivity contribution in [1.29, 1.82) is 0 Å². The van der Waals surface area contributed by atoms with Gasteiger partial charge in [-0.05, 0) is 73.1 Å². The number of benzene rings is 2. The molecule has 0 atom stereocenters. The molecule has 2 aromatic carbocycles. The summed E-state index contributed by atoms with van der Waals surface area (Å²) < 4.78 is 0. The molecule has 0 heterocycles. The zero-order chi connectivity index (χ0) is 14.7. The van der Waals surface area contributed by atoms with E-state index in [4.69, 9.17) is 0 Å². The predicted molar refractivity (Wildman–Crippen MR) is 89.2 cm³/mol. The highest BCUT2D eigenvalue weighted by atomic mass is 14.1. The van der Waals surface area contributed by atoms with E-state index in [1.807, 2.05) is 0 Å². The van der Waals surface area contributed by atoms with Crippen molar-refractivity contribution in [3.8, 4) is 0 Å². The van der Waals surface area contributed by atoms with E-state index in [-0.39, 0.29) is 0 Å². The highest BCUT2D eigenvalue weighted by Crippen LogP contribution is 2.27. The minimum atomic E-state index is 1.05. The lowest BCUT2D eigenvalue weighted by molar-refractivity contribution is 1.22. The molecule has 0 aliphatic rings. The van der Waals surface area contributed by atoms with Crippen molar-refractivity contribution in [2.75, 3.05) is 0 Å². The molecule has 0 saturated carbocycles. The van der Waals surface area contributed by atoms with Crippen molar-refractivity contribution in [3.63, 3.8) is 0 Å². The van der Waals surface area contributed by atoms with Gasteiger partial charge in [-0.1, -0.05) is 49.4 Å². The summed E-state index contributed by atoms with van der Waals surface area (Å²) in [4.78, 5) is 0. The molecule has 0 nitrogen and oxygen atoms in total. The molecule has 0 spiro atoms. The molecule has 0 fully saturated rings. The van der Waals surface area contributed by atoms with Gasteiger partial charge in [0.25, 0.3) is 0 Å². The van der Waals surface area contributed by atoms with Gasteiger partial charge in [-0.25, -0.2) is 0 Å². The Kier molecular flexibility index (Phi) is 4.44. The highest BCUT2D eigenvalue weighted by Gasteiger charge is 2.07. The van der Waals surface area contributed by atoms with E-state index in [1.165, 1.54) is 39.0 Å². The molecule has 0 aliphatic heterocycles. The lowest BCUT2D eigenvalue weighted by Gasteiger charge is -2.12. The fourth-order valence-electron chi connectivity index (χ4n) is 2.42. The quantitative estimate of drug-likeness (QED) is 0.661. The molecule has 0 saturated heterocycles. The van der Waals surface area contributed by atoms with Gasteiger partial charge < -0.3 is 0 Å². The first-order valence-electron chi connectivity index (χ1n) is 7.38. The minimum absolute atomic E-state index is 1.05. The van der Waals surface area contributed by atoms with E-state index in [1.54, 1.807) is 0 Å². The third-order valence-corrected chi connectivity index (χ3v) is 4.04. The van der Waals surface area contributed by atoms with Crippen LogP contribution in [0.4, 0.5) is 0 Å². The maximum absolute atomic E-state index is 2.33. The topological polar surface area (TPSA) is 0 Å². The summed E-state index contributed by atoms with van der Waals surface area (Å²) in [5.74, 6) is 0. The standard InChI is InChI=1S/C20H24/c1-6-7-20(18-10-8-14(2)16(4)12-18)19-11-9-15(3)17(5)13-19/h7-13H,6H2,1-5H3. The van der Waals surface area contributed by atoms with Crippen molar-refractivity contribution in [3.05, 3.63) is 75.9 Å². The highest BCUT2D eigenvalue weighted by molar-refractivity contribution is 5.80. The average molecular weight is 264 g/mol. The van der Waals surface area contributed by atoms with Crippen LogP contribution in [0.3, 0.4) is 0 Å². The molecule has 0 aliphatic carbocycles. The first kappa shape index (κ1) is 14.6. The average Bonchev–Trinajstić information content (AvgIpc) is 2.43. The third-order valence-electron chi connectivity index (χ3n) is 4.04. The van der Waals surface area contributed by atoms with Crippen LogP contribution in [0.15, 0.2) is 42.5 Å². The molecule has 104 valence electrons. The maximum atomic E-state index is 2.33. The summed E-state index contributed by atoms with van der Waals surface area (Å²) in [6.07, 6.45) is 3.38. The van der Waals surface area contributed by atoms with E-state index < -0.39 is 0 Å². The fraction of sp³-hybridized carbons (Fsp3) is 0.300. The van der Waals surface area contributed by atoms with Crippen molar-refractivity contribution >= 4 is 5.57 Å². The van der Waals surface area contributed by atoms with E-state index in [0.717, 1.165) is 6.42 Å². The summed E-state index contributed by atoms with van der Waals surface area (Å²) in [6.45, 7) is 10.9. The van der Waals surface area contributed by atoms with Crippen LogP contribution in [-0.4, -0.2) is 0 Å². The smallest absolute Gasteiger partial charge is 0.0151 e. The maximum Gasteiger partial charge on any atom is -0.0151 e. The van der Waals surface area contributed by atoms with E-state index >= 15 is 0 Å². The Bertz CT molecular complexity index is 592. The zero-order valence-corrected chi connectivity index (χ0v) is 13.2. The predicted octanol–water partition coefficient (Wildman–Crippen LogP) is 5.76. The second-order valence-electron chi connectivity index (χ2n) is 5.62.